The second-order valence-electron chi connectivity index (χ2n) is 2.63. The van der Waals surface area contributed by atoms with Crippen LogP contribution in [0.1, 0.15) is 0 Å². The van der Waals surface area contributed by atoms with E-state index in [9.17, 15) is 10.0 Å². The van der Waals surface area contributed by atoms with Gasteiger partial charge in [-0.15, -0.1) is 30.2 Å². The summed E-state index contributed by atoms with van der Waals surface area (Å²) in [6.45, 7) is 0. The van der Waals surface area contributed by atoms with Gasteiger partial charge in [-0.25, -0.2) is 4.94 Å². The highest BCUT2D eigenvalue weighted by Gasteiger charge is 2.28. The molecule has 0 radical (unpaired) electrons. The molecule has 1 heterocycles. The van der Waals surface area contributed by atoms with Crippen molar-refractivity contribution < 1.29 is 10.0 Å². The Hall–Kier alpha value is -1.24. The Bertz CT molecular complexity index is 429. The lowest BCUT2D eigenvalue weighted by Crippen LogP contribution is -2.45. The molecule has 0 bridgehead atoms. The molecule has 8 nitrogen and oxygen atoms in total. The third-order valence-electron chi connectivity index (χ3n) is 1.60. The Morgan fingerprint density at radius 1 is 1.33 bits per heavy atom. The molecule has 0 fully saturated rings. The maximum atomic E-state index is 10.1. The summed E-state index contributed by atoms with van der Waals surface area (Å²) in [5, 5.41) is 18.9. The van der Waals surface area contributed by atoms with Gasteiger partial charge in [0.05, 0.1) is 0 Å². The van der Waals surface area contributed by atoms with Crippen molar-refractivity contribution in [2.24, 2.45) is 5.34 Å². The lowest BCUT2D eigenvalue weighted by molar-refractivity contribution is -0.194. The average molecular weight is 325 g/mol. The quantitative estimate of drug-likeness (QED) is 0.171. The normalized spacial score (nSPS) is 12.2. The summed E-state index contributed by atoms with van der Waals surface area (Å²) in [6, 6.07) is 0. The molecule has 0 aliphatic carbocycles. The molecule has 1 aliphatic heterocycles. The van der Waals surface area contributed by atoms with Crippen LogP contribution in [-0.2, 0) is 4.94 Å². The first-order valence-corrected chi connectivity index (χ1v) is 5.87. The molecular weight excluding hydrogens is 318 g/mol. The average Bonchev–Trinajstić information content (AvgIpc) is 2.80. The zero-order chi connectivity index (χ0) is 13.7. The molecule has 98 valence electrons. The van der Waals surface area contributed by atoms with Crippen molar-refractivity contribution in [3.8, 4) is 0 Å². The van der Waals surface area contributed by atoms with E-state index in [1.54, 1.807) is 0 Å². The molecule has 12 heteroatoms. The third-order valence-corrected chi connectivity index (χ3v) is 2.29. The lowest BCUT2D eigenvalue weighted by Gasteiger charge is -2.29. The number of aliphatic hydroxyl groups excluding tert-OH is 1. The first kappa shape index (κ1) is 14.8. The van der Waals surface area contributed by atoms with Crippen LogP contribution in [0.25, 0.3) is 0 Å². The largest absolute Gasteiger partial charge is 0.491 e. The second-order valence-corrected chi connectivity index (χ2v) is 4.85. The third kappa shape index (κ3) is 3.38. The summed E-state index contributed by atoms with van der Waals surface area (Å²) >= 11 is 17.2. The second kappa shape index (κ2) is 6.63. The fourth-order valence-electron chi connectivity index (χ4n) is 0.970. The van der Waals surface area contributed by atoms with Gasteiger partial charge in [-0.1, -0.05) is 17.4 Å². The fourth-order valence-corrected chi connectivity index (χ4v) is 1.55. The predicted molar refractivity (Wildman–Crippen MR) is 78.8 cm³/mol. The van der Waals surface area contributed by atoms with E-state index < -0.39 is 5.88 Å². The van der Waals surface area contributed by atoms with Gasteiger partial charge in [-0.3, -0.25) is 0 Å². The van der Waals surface area contributed by atoms with Crippen LogP contribution in [0.3, 0.4) is 0 Å². The van der Waals surface area contributed by atoms with Gasteiger partial charge in [0.2, 0.25) is 0 Å². The van der Waals surface area contributed by atoms with Crippen LogP contribution in [-0.4, -0.2) is 23.9 Å². The van der Waals surface area contributed by atoms with Crippen LogP contribution >= 0.6 is 49.7 Å². The highest BCUT2D eigenvalue weighted by atomic mass is 32.1. The van der Waals surface area contributed by atoms with Gasteiger partial charge in [0.1, 0.15) is 0 Å². The van der Waals surface area contributed by atoms with Crippen molar-refractivity contribution in [2.45, 2.75) is 0 Å². The van der Waals surface area contributed by atoms with Crippen LogP contribution in [0.4, 0.5) is 0 Å². The first-order chi connectivity index (χ1) is 8.49. The first-order valence-electron chi connectivity index (χ1n) is 4.16. The minimum Gasteiger partial charge on any atom is -0.491 e. The van der Waals surface area contributed by atoms with E-state index in [1.807, 2.05) is 0 Å². The van der Waals surface area contributed by atoms with Crippen molar-refractivity contribution in [1.82, 2.24) is 20.8 Å². The summed E-state index contributed by atoms with van der Waals surface area (Å²) in [6.07, 6.45) is 3.04. The molecule has 1 rings (SSSR count). The van der Waals surface area contributed by atoms with Crippen LogP contribution in [0, 0.1) is 4.91 Å². The molecule has 0 saturated carbocycles. The maximum Gasteiger partial charge on any atom is 0.257 e. The predicted octanol–water partition coefficient (Wildman–Crippen LogP) is 0.896. The molecule has 3 N–H and O–H groups in total. The summed E-state index contributed by atoms with van der Waals surface area (Å²) in [5.41, 5.74) is 0. The zero-order valence-corrected chi connectivity index (χ0v) is 11.9. The molecule has 0 amide bonds. The number of hydrogen-bond donors (Lipinski definition) is 5. The van der Waals surface area contributed by atoms with Gasteiger partial charge in [-0.2, -0.15) is 5.01 Å². The summed E-state index contributed by atoms with van der Waals surface area (Å²) in [4.78, 5) is 14.5. The Morgan fingerprint density at radius 3 is 2.28 bits per heavy atom. The highest BCUT2D eigenvalue weighted by molar-refractivity contribution is 8.11. The SMILES string of the molecule is O=NON(C(=S)S)N(C(=S)S)C(O)=C1NC=CN1. The standard InChI is InChI=1S/C6H7N5O3S4/c12-4(3-7-1-2-8-3)10(5(15)16)11(6(17)18)14-9-13/h1-2,7-8,12H,(H,15,16)(H,17,18). The maximum absolute atomic E-state index is 10.1. The van der Waals surface area contributed by atoms with Gasteiger partial charge in [0.25, 0.3) is 5.88 Å². The van der Waals surface area contributed by atoms with E-state index >= 15 is 0 Å². The van der Waals surface area contributed by atoms with Crippen molar-refractivity contribution in [3.63, 3.8) is 0 Å². The molecule has 0 aromatic carbocycles. The molecule has 0 atom stereocenters. The van der Waals surface area contributed by atoms with E-state index in [2.05, 4.69) is 46.2 Å². The van der Waals surface area contributed by atoms with E-state index in [-0.39, 0.29) is 14.5 Å². The number of hydroxylamine groups is 1. The molecule has 0 saturated heterocycles. The zero-order valence-electron chi connectivity index (χ0n) is 8.47. The number of rotatable bonds is 3. The minimum atomic E-state index is -0.444. The van der Waals surface area contributed by atoms with E-state index in [1.165, 1.54) is 12.4 Å². The van der Waals surface area contributed by atoms with Crippen molar-refractivity contribution in [1.29, 1.82) is 0 Å². The number of hydrogen-bond acceptors (Lipinski definition) is 8. The molecule has 0 spiro atoms. The number of nitrogens with zero attached hydrogens (tertiary/aromatic N) is 3. The van der Waals surface area contributed by atoms with E-state index in [4.69, 9.17) is 24.4 Å². The molecule has 1 aliphatic rings. The topological polar surface area (TPSA) is 89.4 Å². The Labute approximate surface area is 123 Å². The number of thiocarbonyl (C=S) groups is 2. The summed E-state index contributed by atoms with van der Waals surface area (Å²) in [5.74, 6) is -0.268. The Balaban J connectivity index is 3.07. The van der Waals surface area contributed by atoms with Gasteiger partial charge in [0, 0.05) is 12.4 Å². The van der Waals surface area contributed by atoms with Gasteiger partial charge in [0.15, 0.2) is 19.8 Å². The summed E-state index contributed by atoms with van der Waals surface area (Å²) in [7, 11) is 0. The highest BCUT2D eigenvalue weighted by Crippen LogP contribution is 2.16. The van der Waals surface area contributed by atoms with Crippen LogP contribution in [0.15, 0.2) is 29.4 Å². The summed E-state index contributed by atoms with van der Waals surface area (Å²) < 4.78 is -0.375. The van der Waals surface area contributed by atoms with Crippen LogP contribution in [0.5, 0.6) is 0 Å². The fraction of sp³-hybridized carbons (Fsp3) is 0. The molecule has 0 aromatic rings. The monoisotopic (exact) mass is 325 g/mol. The smallest absolute Gasteiger partial charge is 0.257 e. The van der Waals surface area contributed by atoms with E-state index in [0.717, 1.165) is 5.01 Å². The van der Waals surface area contributed by atoms with E-state index in [0.29, 0.717) is 5.17 Å². The minimum absolute atomic E-state index is 0.157. The molecular formula is C6H7N5O3S4. The van der Waals surface area contributed by atoms with Crippen molar-refractivity contribution in [2.75, 3.05) is 0 Å². The molecule has 0 unspecified atom stereocenters. The van der Waals surface area contributed by atoms with Gasteiger partial charge in [-0.05, 0) is 12.2 Å². The molecule has 18 heavy (non-hydrogen) atoms. The van der Waals surface area contributed by atoms with Gasteiger partial charge >= 0.3 is 0 Å². The number of hydrazine groups is 1. The van der Waals surface area contributed by atoms with Gasteiger partial charge < -0.3 is 15.7 Å². The van der Waals surface area contributed by atoms with Crippen LogP contribution in [0.2, 0.25) is 0 Å². The van der Waals surface area contributed by atoms with Crippen molar-refractivity contribution >= 4 is 58.3 Å². The Kier molecular flexibility index (Phi) is 5.46. The van der Waals surface area contributed by atoms with Crippen molar-refractivity contribution in [3.05, 3.63) is 29.0 Å². The Morgan fingerprint density at radius 2 is 1.89 bits per heavy atom. The lowest BCUT2D eigenvalue weighted by atomic mass is 10.6. The molecule has 0 aromatic heterocycles. The number of aliphatic hydroxyl groups is 1. The number of thiol groups is 2. The van der Waals surface area contributed by atoms with Crippen LogP contribution < -0.4 is 10.6 Å². The number of nitrogens with one attached hydrogen (secondary N) is 2.